The van der Waals surface area contributed by atoms with Gasteiger partial charge >= 0.3 is 0 Å². The highest BCUT2D eigenvalue weighted by molar-refractivity contribution is 9.10. The number of hydrogen-bond donors (Lipinski definition) is 1. The van der Waals surface area contributed by atoms with E-state index < -0.39 is 5.82 Å². The Balaban J connectivity index is 1.85. The van der Waals surface area contributed by atoms with Crippen LogP contribution in [-0.4, -0.2) is 19.5 Å². The van der Waals surface area contributed by atoms with Gasteiger partial charge in [-0.2, -0.15) is 0 Å². The molecule has 24 heavy (non-hydrogen) atoms. The number of H-pyrrole nitrogens is 1. The number of aromatic nitrogens is 4. The standard InChI is InChI=1S/C17H11BrClFN4/c1-24-14-6-5-9(18)7-12(14)23-17(24)13-8-21-16(22-13)15-10(19)3-2-4-11(15)20/h2-8H,1H3,(H,21,22). The fourth-order valence-corrected chi connectivity index (χ4v) is 3.30. The van der Waals surface area contributed by atoms with Crippen molar-refractivity contribution in [2.24, 2.45) is 7.05 Å². The summed E-state index contributed by atoms with van der Waals surface area (Å²) in [4.78, 5) is 12.0. The van der Waals surface area contributed by atoms with Crippen LogP contribution >= 0.6 is 27.5 Å². The molecular weight excluding hydrogens is 395 g/mol. The summed E-state index contributed by atoms with van der Waals surface area (Å²) in [6, 6.07) is 10.5. The highest BCUT2D eigenvalue weighted by Gasteiger charge is 2.16. The zero-order valence-corrected chi connectivity index (χ0v) is 14.9. The molecule has 0 aliphatic carbocycles. The van der Waals surface area contributed by atoms with E-state index >= 15 is 0 Å². The first kappa shape index (κ1) is 15.4. The molecule has 4 rings (SSSR count). The first-order valence-corrected chi connectivity index (χ1v) is 8.33. The number of rotatable bonds is 2. The molecule has 4 nitrogen and oxygen atoms in total. The molecule has 0 saturated carbocycles. The molecule has 0 unspecified atom stereocenters. The summed E-state index contributed by atoms with van der Waals surface area (Å²) < 4.78 is 17.0. The van der Waals surface area contributed by atoms with Crippen LogP contribution in [0, 0.1) is 5.82 Å². The molecule has 0 bridgehead atoms. The van der Waals surface area contributed by atoms with E-state index in [1.165, 1.54) is 6.07 Å². The molecule has 2 heterocycles. The van der Waals surface area contributed by atoms with Crippen molar-refractivity contribution in [3.8, 4) is 22.9 Å². The predicted octanol–water partition coefficient (Wildman–Crippen LogP) is 5.19. The van der Waals surface area contributed by atoms with Crippen molar-refractivity contribution < 1.29 is 4.39 Å². The van der Waals surface area contributed by atoms with E-state index in [2.05, 4.69) is 30.9 Å². The van der Waals surface area contributed by atoms with Gasteiger partial charge in [0.25, 0.3) is 0 Å². The van der Waals surface area contributed by atoms with Gasteiger partial charge in [-0.25, -0.2) is 14.4 Å². The average Bonchev–Trinajstić information content (AvgIpc) is 3.12. The Morgan fingerprint density at radius 1 is 1.25 bits per heavy atom. The lowest BCUT2D eigenvalue weighted by Gasteiger charge is -2.02. The van der Waals surface area contributed by atoms with Gasteiger partial charge in [0.1, 0.15) is 17.3 Å². The maximum atomic E-state index is 14.1. The number of aromatic amines is 1. The SMILES string of the molecule is Cn1c(-c2cnc(-c3c(F)cccc3Cl)[nH]2)nc2cc(Br)ccc21. The number of benzene rings is 2. The molecular formula is C17H11BrClFN4. The number of nitrogens with one attached hydrogen (secondary N) is 1. The van der Waals surface area contributed by atoms with E-state index in [-0.39, 0.29) is 5.56 Å². The molecule has 0 aliphatic rings. The maximum Gasteiger partial charge on any atom is 0.159 e. The molecule has 0 atom stereocenters. The summed E-state index contributed by atoms with van der Waals surface area (Å²) in [7, 11) is 1.93. The summed E-state index contributed by atoms with van der Waals surface area (Å²) >= 11 is 9.55. The molecule has 0 fully saturated rings. The maximum absolute atomic E-state index is 14.1. The van der Waals surface area contributed by atoms with Crippen molar-refractivity contribution >= 4 is 38.6 Å². The number of imidazole rings is 2. The van der Waals surface area contributed by atoms with Gasteiger partial charge in [-0.1, -0.05) is 33.6 Å². The molecule has 0 amide bonds. The first-order chi connectivity index (χ1) is 11.5. The minimum atomic E-state index is -0.419. The highest BCUT2D eigenvalue weighted by Crippen LogP contribution is 2.31. The van der Waals surface area contributed by atoms with Crippen molar-refractivity contribution in [2.75, 3.05) is 0 Å². The van der Waals surface area contributed by atoms with Crippen LogP contribution in [0.25, 0.3) is 33.9 Å². The zero-order valence-electron chi connectivity index (χ0n) is 12.5. The number of fused-ring (bicyclic) bond motifs is 1. The number of hydrogen-bond acceptors (Lipinski definition) is 2. The minimum Gasteiger partial charge on any atom is -0.335 e. The minimum absolute atomic E-state index is 0.256. The molecule has 0 saturated heterocycles. The van der Waals surface area contributed by atoms with Crippen LogP contribution in [-0.2, 0) is 7.05 Å². The molecule has 2 aromatic carbocycles. The van der Waals surface area contributed by atoms with E-state index in [0.717, 1.165) is 15.5 Å². The smallest absolute Gasteiger partial charge is 0.159 e. The van der Waals surface area contributed by atoms with Gasteiger partial charge in [0, 0.05) is 11.5 Å². The third-order valence-corrected chi connectivity index (χ3v) is 4.67. The van der Waals surface area contributed by atoms with Gasteiger partial charge in [-0.05, 0) is 30.3 Å². The van der Waals surface area contributed by atoms with Crippen LogP contribution in [0.3, 0.4) is 0 Å². The lowest BCUT2D eigenvalue weighted by molar-refractivity contribution is 0.630. The third-order valence-electron chi connectivity index (χ3n) is 3.86. The van der Waals surface area contributed by atoms with Crippen molar-refractivity contribution in [1.29, 1.82) is 0 Å². The van der Waals surface area contributed by atoms with Crippen molar-refractivity contribution in [3.05, 3.63) is 57.9 Å². The summed E-state index contributed by atoms with van der Waals surface area (Å²) in [6.45, 7) is 0. The first-order valence-electron chi connectivity index (χ1n) is 7.16. The second kappa shape index (κ2) is 5.72. The lowest BCUT2D eigenvalue weighted by atomic mass is 10.2. The molecule has 4 aromatic rings. The van der Waals surface area contributed by atoms with Crippen molar-refractivity contribution in [1.82, 2.24) is 19.5 Å². The fraction of sp³-hybridized carbons (Fsp3) is 0.0588. The summed E-state index contributed by atoms with van der Waals surface area (Å²) in [6.07, 6.45) is 1.63. The van der Waals surface area contributed by atoms with Gasteiger partial charge in [0.2, 0.25) is 0 Å². The second-order valence-corrected chi connectivity index (χ2v) is 6.69. The Labute approximate surface area is 150 Å². The number of nitrogens with zero attached hydrogens (tertiary/aromatic N) is 3. The van der Waals surface area contributed by atoms with Crippen LogP contribution in [0.2, 0.25) is 5.02 Å². The molecule has 0 radical (unpaired) electrons. The van der Waals surface area contributed by atoms with Crippen LogP contribution in [0.15, 0.2) is 47.1 Å². The van der Waals surface area contributed by atoms with Gasteiger partial charge in [-0.3, -0.25) is 0 Å². The van der Waals surface area contributed by atoms with Gasteiger partial charge in [-0.15, -0.1) is 0 Å². The Morgan fingerprint density at radius 2 is 2.08 bits per heavy atom. The van der Waals surface area contributed by atoms with Crippen LogP contribution in [0.4, 0.5) is 4.39 Å². The van der Waals surface area contributed by atoms with Gasteiger partial charge in [0.05, 0.1) is 27.8 Å². The van der Waals surface area contributed by atoms with E-state index in [9.17, 15) is 4.39 Å². The second-order valence-electron chi connectivity index (χ2n) is 5.37. The van der Waals surface area contributed by atoms with E-state index in [4.69, 9.17) is 11.6 Å². The Kier molecular flexibility index (Phi) is 3.66. The van der Waals surface area contributed by atoms with Crippen LogP contribution in [0.1, 0.15) is 0 Å². The Morgan fingerprint density at radius 3 is 2.88 bits per heavy atom. The lowest BCUT2D eigenvalue weighted by Crippen LogP contribution is -1.93. The summed E-state index contributed by atoms with van der Waals surface area (Å²) in [5.74, 6) is 0.674. The monoisotopic (exact) mass is 404 g/mol. The predicted molar refractivity (Wildman–Crippen MR) is 96.4 cm³/mol. The van der Waals surface area contributed by atoms with Gasteiger partial charge in [0.15, 0.2) is 5.82 Å². The molecule has 0 aliphatic heterocycles. The molecule has 7 heteroatoms. The number of aryl methyl sites for hydroxylation is 1. The van der Waals surface area contributed by atoms with Crippen molar-refractivity contribution in [2.45, 2.75) is 0 Å². The normalized spacial score (nSPS) is 11.3. The summed E-state index contributed by atoms with van der Waals surface area (Å²) in [5, 5.41) is 0.310. The van der Waals surface area contributed by atoms with Crippen LogP contribution in [0.5, 0.6) is 0 Å². The number of halogens is 3. The van der Waals surface area contributed by atoms with Crippen LogP contribution < -0.4 is 0 Å². The zero-order chi connectivity index (χ0) is 16.8. The topological polar surface area (TPSA) is 46.5 Å². The van der Waals surface area contributed by atoms with E-state index in [1.807, 2.05) is 29.8 Å². The fourth-order valence-electron chi connectivity index (χ4n) is 2.70. The molecule has 1 N–H and O–H groups in total. The molecule has 0 spiro atoms. The van der Waals surface area contributed by atoms with Crippen molar-refractivity contribution in [3.63, 3.8) is 0 Å². The largest absolute Gasteiger partial charge is 0.335 e. The quantitative estimate of drug-likeness (QED) is 0.499. The highest BCUT2D eigenvalue weighted by atomic mass is 79.9. The average molecular weight is 406 g/mol. The Bertz CT molecular complexity index is 1050. The Hall–Kier alpha value is -2.18. The molecule has 2 aromatic heterocycles. The molecule has 120 valence electrons. The van der Waals surface area contributed by atoms with E-state index in [0.29, 0.717) is 22.4 Å². The summed E-state index contributed by atoms with van der Waals surface area (Å²) in [5.41, 5.74) is 2.81. The third kappa shape index (κ3) is 2.42. The van der Waals surface area contributed by atoms with E-state index in [1.54, 1.807) is 18.3 Å². The van der Waals surface area contributed by atoms with Gasteiger partial charge < -0.3 is 9.55 Å².